The van der Waals surface area contributed by atoms with Gasteiger partial charge in [-0.15, -0.1) is 0 Å². The fraction of sp³-hybridized carbons (Fsp3) is 0.536. The van der Waals surface area contributed by atoms with E-state index in [4.69, 9.17) is 9.47 Å². The summed E-state index contributed by atoms with van der Waals surface area (Å²) in [7, 11) is 1.42. The minimum absolute atomic E-state index is 0.0584. The summed E-state index contributed by atoms with van der Waals surface area (Å²) in [5.41, 5.74) is -1.22. The highest BCUT2D eigenvalue weighted by Gasteiger charge is 2.41. The van der Waals surface area contributed by atoms with Gasteiger partial charge >= 0.3 is 0 Å². The Morgan fingerprint density at radius 3 is 2.43 bits per heavy atom. The molecule has 2 aliphatic rings. The molecule has 202 valence electrons. The van der Waals surface area contributed by atoms with E-state index in [1.807, 2.05) is 23.1 Å². The van der Waals surface area contributed by atoms with Crippen molar-refractivity contribution in [2.24, 2.45) is 0 Å². The van der Waals surface area contributed by atoms with E-state index in [1.165, 1.54) is 29.7 Å². The molecular formula is C28H36F2N2O5. The number of halogens is 2. The third-order valence-electron chi connectivity index (χ3n) is 7.43. The van der Waals surface area contributed by atoms with Crippen LogP contribution in [0.5, 0.6) is 5.75 Å². The second kappa shape index (κ2) is 11.9. The van der Waals surface area contributed by atoms with Crippen LogP contribution in [-0.4, -0.2) is 90.2 Å². The molecule has 0 radical (unpaired) electrons. The van der Waals surface area contributed by atoms with Crippen molar-refractivity contribution in [2.45, 2.75) is 42.8 Å². The Hall–Kier alpha value is -2.59. The zero-order valence-corrected chi connectivity index (χ0v) is 21.2. The third kappa shape index (κ3) is 7.04. The molecule has 2 N–H and O–H groups in total. The number of amides is 1. The zero-order valence-electron chi connectivity index (χ0n) is 21.2. The van der Waals surface area contributed by atoms with E-state index in [9.17, 15) is 23.8 Å². The fourth-order valence-corrected chi connectivity index (χ4v) is 5.49. The van der Waals surface area contributed by atoms with Crippen LogP contribution in [0.3, 0.4) is 0 Å². The molecule has 1 saturated heterocycles. The van der Waals surface area contributed by atoms with Crippen LogP contribution in [0.25, 0.3) is 0 Å². The Balaban J connectivity index is 1.45. The molecule has 0 spiro atoms. The van der Waals surface area contributed by atoms with Gasteiger partial charge in [0, 0.05) is 33.3 Å². The smallest absolute Gasteiger partial charge is 0.248 e. The number of hydrogen-bond acceptors (Lipinski definition) is 6. The molecule has 0 unspecified atom stereocenters. The topological polar surface area (TPSA) is 82.5 Å². The highest BCUT2D eigenvalue weighted by Crippen LogP contribution is 2.38. The number of hydrogen-bond donors (Lipinski definition) is 2. The Morgan fingerprint density at radius 1 is 1.00 bits per heavy atom. The Morgan fingerprint density at radius 2 is 1.73 bits per heavy atom. The first-order chi connectivity index (χ1) is 17.7. The van der Waals surface area contributed by atoms with Crippen LogP contribution >= 0.6 is 0 Å². The van der Waals surface area contributed by atoms with E-state index in [1.54, 1.807) is 0 Å². The van der Waals surface area contributed by atoms with Crippen molar-refractivity contribution in [3.63, 3.8) is 0 Å². The monoisotopic (exact) mass is 518 g/mol. The summed E-state index contributed by atoms with van der Waals surface area (Å²) in [5.74, 6) is -2.37. The predicted molar refractivity (Wildman–Crippen MR) is 134 cm³/mol. The van der Waals surface area contributed by atoms with Crippen molar-refractivity contribution in [1.82, 2.24) is 9.80 Å². The van der Waals surface area contributed by atoms with Gasteiger partial charge in [-0.25, -0.2) is 4.39 Å². The number of methoxy groups -OCH3 is 1. The number of benzene rings is 2. The van der Waals surface area contributed by atoms with E-state index in [-0.39, 0.29) is 38.0 Å². The molecule has 1 aliphatic heterocycles. The number of nitrogens with zero attached hydrogens (tertiary/aromatic N) is 2. The van der Waals surface area contributed by atoms with Crippen molar-refractivity contribution in [2.75, 3.05) is 53.0 Å². The molecule has 9 heteroatoms. The number of carbonyl (C=O) groups excluding carboxylic acids is 1. The van der Waals surface area contributed by atoms with Crippen LogP contribution in [0.15, 0.2) is 48.5 Å². The first-order valence-corrected chi connectivity index (χ1v) is 12.8. The summed E-state index contributed by atoms with van der Waals surface area (Å²) >= 11 is 0. The van der Waals surface area contributed by atoms with Crippen molar-refractivity contribution in [3.8, 4) is 5.75 Å². The van der Waals surface area contributed by atoms with E-state index in [0.29, 0.717) is 38.4 Å². The van der Waals surface area contributed by atoms with Crippen LogP contribution < -0.4 is 4.74 Å². The summed E-state index contributed by atoms with van der Waals surface area (Å²) < 4.78 is 38.3. The minimum Gasteiger partial charge on any atom is -0.487 e. The summed E-state index contributed by atoms with van der Waals surface area (Å²) in [5, 5.41) is 23.0. The third-order valence-corrected chi connectivity index (χ3v) is 7.43. The molecular weight excluding hydrogens is 482 g/mol. The Labute approximate surface area is 216 Å². The maximum atomic E-state index is 14.2. The maximum Gasteiger partial charge on any atom is 0.248 e. The van der Waals surface area contributed by atoms with E-state index in [0.717, 1.165) is 18.9 Å². The lowest BCUT2D eigenvalue weighted by Gasteiger charge is -2.40. The molecule has 1 saturated carbocycles. The van der Waals surface area contributed by atoms with E-state index >= 15 is 0 Å². The second-order valence-electron chi connectivity index (χ2n) is 10.4. The first-order valence-electron chi connectivity index (χ1n) is 12.8. The molecule has 37 heavy (non-hydrogen) atoms. The van der Waals surface area contributed by atoms with Crippen molar-refractivity contribution >= 4 is 5.91 Å². The first kappa shape index (κ1) is 27.4. The summed E-state index contributed by atoms with van der Waals surface area (Å²) in [4.78, 5) is 16.0. The SMILES string of the molecule is COCC(=O)N1CCN(CC2(O)CCC(c3ccccc3)CC2)C[C@](O)(COc2cccc(F)c2F)C1. The van der Waals surface area contributed by atoms with Crippen molar-refractivity contribution < 1.29 is 33.3 Å². The van der Waals surface area contributed by atoms with E-state index < -0.39 is 22.8 Å². The van der Waals surface area contributed by atoms with Gasteiger partial charge in [0.1, 0.15) is 18.8 Å². The van der Waals surface area contributed by atoms with Crippen molar-refractivity contribution in [3.05, 3.63) is 65.7 Å². The lowest BCUT2D eigenvalue weighted by Crippen LogP contribution is -2.54. The van der Waals surface area contributed by atoms with Gasteiger partial charge in [0.2, 0.25) is 11.7 Å². The summed E-state index contributed by atoms with van der Waals surface area (Å²) in [6.45, 7) is 0.660. The van der Waals surface area contributed by atoms with Crippen LogP contribution in [0, 0.1) is 11.6 Å². The number of β-amino-alcohol motifs (C(OH)–C–C–N with tert-alkyl or cyclic N) is 2. The molecule has 0 aromatic heterocycles. The number of ether oxygens (including phenoxy) is 2. The maximum absolute atomic E-state index is 14.2. The predicted octanol–water partition coefficient (Wildman–Crippen LogP) is 2.95. The average molecular weight is 519 g/mol. The Bertz CT molecular complexity index is 1050. The molecule has 2 aromatic rings. The van der Waals surface area contributed by atoms with Crippen LogP contribution in [0.4, 0.5) is 8.78 Å². The lowest BCUT2D eigenvalue weighted by atomic mass is 9.76. The molecule has 2 aromatic carbocycles. The van der Waals surface area contributed by atoms with Gasteiger partial charge in [-0.3, -0.25) is 9.69 Å². The van der Waals surface area contributed by atoms with Gasteiger partial charge in [-0.05, 0) is 49.3 Å². The van der Waals surface area contributed by atoms with Gasteiger partial charge in [0.05, 0.1) is 12.1 Å². The number of carbonyl (C=O) groups is 1. The van der Waals surface area contributed by atoms with Gasteiger partial charge in [0.15, 0.2) is 11.6 Å². The van der Waals surface area contributed by atoms with E-state index in [2.05, 4.69) is 12.1 Å². The molecule has 1 aliphatic carbocycles. The molecule has 1 atom stereocenters. The number of rotatable bonds is 8. The number of aliphatic hydroxyl groups is 2. The quantitative estimate of drug-likeness (QED) is 0.559. The van der Waals surface area contributed by atoms with Crippen LogP contribution in [0.1, 0.15) is 37.2 Å². The Kier molecular flexibility index (Phi) is 8.79. The van der Waals surface area contributed by atoms with Gasteiger partial charge in [0.25, 0.3) is 0 Å². The molecule has 7 nitrogen and oxygen atoms in total. The molecule has 4 rings (SSSR count). The van der Waals surface area contributed by atoms with Gasteiger partial charge in [-0.1, -0.05) is 36.4 Å². The highest BCUT2D eigenvalue weighted by atomic mass is 19.2. The van der Waals surface area contributed by atoms with Crippen LogP contribution in [-0.2, 0) is 9.53 Å². The second-order valence-corrected chi connectivity index (χ2v) is 10.4. The van der Waals surface area contributed by atoms with Gasteiger partial charge < -0.3 is 24.6 Å². The molecule has 0 bridgehead atoms. The standard InChI is InChI=1S/C28H36F2N2O5/c1-36-16-25(33)32-15-14-31(17-27(34)12-10-22(11-13-27)21-6-3-2-4-7-21)18-28(35,19-32)20-37-24-9-5-8-23(29)26(24)30/h2-9,22,34-35H,10-20H2,1H3/t22?,27?,28-/m1/s1. The lowest BCUT2D eigenvalue weighted by molar-refractivity contribution is -0.138. The summed E-state index contributed by atoms with van der Waals surface area (Å²) in [6.07, 6.45) is 2.97. The zero-order chi connectivity index (χ0) is 26.5. The summed E-state index contributed by atoms with van der Waals surface area (Å²) in [6, 6.07) is 13.9. The molecule has 1 amide bonds. The highest BCUT2D eigenvalue weighted by molar-refractivity contribution is 5.77. The largest absolute Gasteiger partial charge is 0.487 e. The van der Waals surface area contributed by atoms with Crippen LogP contribution in [0.2, 0.25) is 0 Å². The molecule has 1 heterocycles. The minimum atomic E-state index is -1.57. The van der Waals surface area contributed by atoms with Gasteiger partial charge in [-0.2, -0.15) is 4.39 Å². The average Bonchev–Trinajstić information content (AvgIpc) is 3.04. The van der Waals surface area contributed by atoms with Crippen molar-refractivity contribution in [1.29, 1.82) is 0 Å². The molecule has 2 fully saturated rings. The normalized spacial score (nSPS) is 27.1. The fourth-order valence-electron chi connectivity index (χ4n) is 5.49.